The molecule has 0 aromatic carbocycles. The van der Waals surface area contributed by atoms with Crippen LogP contribution in [0.5, 0.6) is 0 Å². The van der Waals surface area contributed by atoms with Gasteiger partial charge in [-0.3, -0.25) is 4.79 Å². The summed E-state index contributed by atoms with van der Waals surface area (Å²) in [5.74, 6) is -0.229. The Morgan fingerprint density at radius 3 is 1.50 bits per heavy atom. The standard InChI is InChI=1S/C18H37NO2.Na/c1-4-5-6-7-8-9-10-11-12-13-14-15-16-17-19(3)21-18(2)20;/h4-17H2,1-3H3;. The van der Waals surface area contributed by atoms with Gasteiger partial charge in [-0.1, -0.05) is 84.0 Å². The molecule has 0 saturated heterocycles. The van der Waals surface area contributed by atoms with E-state index in [1.165, 1.54) is 84.0 Å². The molecular weight excluding hydrogens is 285 g/mol. The molecule has 0 aliphatic carbocycles. The van der Waals surface area contributed by atoms with Crippen molar-refractivity contribution < 1.29 is 9.63 Å². The smallest absolute Gasteiger partial charge is 0.322 e. The van der Waals surface area contributed by atoms with Gasteiger partial charge in [-0.25, -0.2) is 0 Å². The molecule has 0 spiro atoms. The molecule has 0 fully saturated rings. The van der Waals surface area contributed by atoms with E-state index in [2.05, 4.69) is 6.92 Å². The van der Waals surface area contributed by atoms with E-state index >= 15 is 0 Å². The zero-order valence-electron chi connectivity index (χ0n) is 15.7. The first-order valence-corrected chi connectivity index (χ1v) is 9.06. The molecule has 0 rings (SSSR count). The summed E-state index contributed by atoms with van der Waals surface area (Å²) in [5.41, 5.74) is 0. The van der Waals surface area contributed by atoms with Crippen LogP contribution in [0.2, 0.25) is 0 Å². The molecular formula is C18H37NNaO2. The first kappa shape index (κ1) is 24.7. The van der Waals surface area contributed by atoms with Gasteiger partial charge in [0, 0.05) is 50.1 Å². The molecule has 0 aromatic rings. The number of hydrogen-bond acceptors (Lipinski definition) is 3. The van der Waals surface area contributed by atoms with Gasteiger partial charge in [0.25, 0.3) is 0 Å². The van der Waals surface area contributed by atoms with Crippen LogP contribution in [0, 0.1) is 0 Å². The topological polar surface area (TPSA) is 29.5 Å². The molecule has 0 unspecified atom stereocenters. The number of hydroxylamine groups is 2. The van der Waals surface area contributed by atoms with Crippen LogP contribution in [0.3, 0.4) is 0 Å². The fourth-order valence-electron chi connectivity index (χ4n) is 2.62. The number of carbonyl (C=O) groups excluding carboxylic acids is 1. The number of nitrogens with zero attached hydrogens (tertiary/aromatic N) is 1. The number of unbranched alkanes of at least 4 members (excludes halogenated alkanes) is 12. The van der Waals surface area contributed by atoms with Crippen LogP contribution < -0.4 is 0 Å². The minimum Gasteiger partial charge on any atom is -0.369 e. The van der Waals surface area contributed by atoms with Crippen LogP contribution in [0.15, 0.2) is 0 Å². The zero-order valence-corrected chi connectivity index (χ0v) is 17.7. The van der Waals surface area contributed by atoms with Gasteiger partial charge >= 0.3 is 5.97 Å². The van der Waals surface area contributed by atoms with Crippen LogP contribution in [0.1, 0.15) is 97.3 Å². The molecule has 0 aromatic heterocycles. The van der Waals surface area contributed by atoms with Gasteiger partial charge in [-0.05, 0) is 6.42 Å². The van der Waals surface area contributed by atoms with Gasteiger partial charge in [0.1, 0.15) is 0 Å². The summed E-state index contributed by atoms with van der Waals surface area (Å²) in [6, 6.07) is 0. The summed E-state index contributed by atoms with van der Waals surface area (Å²) in [7, 11) is 1.82. The Labute approximate surface area is 160 Å². The Morgan fingerprint density at radius 1 is 0.773 bits per heavy atom. The van der Waals surface area contributed by atoms with Crippen LogP contribution in [-0.4, -0.2) is 54.2 Å². The first-order chi connectivity index (χ1) is 10.2. The zero-order chi connectivity index (χ0) is 15.8. The number of hydrogen-bond donors (Lipinski definition) is 0. The summed E-state index contributed by atoms with van der Waals surface area (Å²) in [4.78, 5) is 15.7. The van der Waals surface area contributed by atoms with Crippen molar-refractivity contribution in [3.05, 3.63) is 0 Å². The molecule has 0 heterocycles. The van der Waals surface area contributed by atoms with Gasteiger partial charge in [0.15, 0.2) is 0 Å². The normalized spacial score (nSPS) is 10.5. The largest absolute Gasteiger partial charge is 0.369 e. The van der Waals surface area contributed by atoms with Gasteiger partial charge in [0.2, 0.25) is 0 Å². The molecule has 0 saturated carbocycles. The molecule has 1 radical (unpaired) electrons. The minimum atomic E-state index is -0.229. The predicted molar refractivity (Wildman–Crippen MR) is 95.8 cm³/mol. The van der Waals surface area contributed by atoms with Gasteiger partial charge in [-0.15, -0.1) is 5.06 Å². The third kappa shape index (κ3) is 20.4. The van der Waals surface area contributed by atoms with E-state index in [0.29, 0.717) is 0 Å². The van der Waals surface area contributed by atoms with Crippen molar-refractivity contribution in [2.24, 2.45) is 0 Å². The van der Waals surface area contributed by atoms with Gasteiger partial charge in [-0.2, -0.15) is 0 Å². The third-order valence-corrected chi connectivity index (χ3v) is 3.86. The maximum absolute atomic E-state index is 10.7. The average Bonchev–Trinajstić information content (AvgIpc) is 2.43. The Kier molecular flexibility index (Phi) is 21.8. The monoisotopic (exact) mass is 322 g/mol. The van der Waals surface area contributed by atoms with Crippen molar-refractivity contribution in [2.45, 2.75) is 97.3 Å². The Bertz CT molecular complexity index is 237. The minimum absolute atomic E-state index is 0. The molecule has 4 heteroatoms. The fraction of sp³-hybridized carbons (Fsp3) is 0.944. The first-order valence-electron chi connectivity index (χ1n) is 9.06. The van der Waals surface area contributed by atoms with Crippen LogP contribution >= 0.6 is 0 Å². The SMILES string of the molecule is CCCCCCCCCCCCCCCN(C)OC(C)=O.[Na]. The van der Waals surface area contributed by atoms with Gasteiger partial charge < -0.3 is 4.84 Å². The summed E-state index contributed by atoms with van der Waals surface area (Å²) in [6.07, 6.45) is 17.7. The van der Waals surface area contributed by atoms with Crippen molar-refractivity contribution in [2.75, 3.05) is 13.6 Å². The average molecular weight is 322 g/mol. The van der Waals surface area contributed by atoms with Gasteiger partial charge in [0.05, 0.1) is 0 Å². The molecule has 0 aliphatic rings. The molecule has 0 N–H and O–H groups in total. The molecule has 3 nitrogen and oxygen atoms in total. The summed E-state index contributed by atoms with van der Waals surface area (Å²) in [5, 5.41) is 1.64. The van der Waals surface area contributed by atoms with Crippen LogP contribution in [0.4, 0.5) is 0 Å². The van der Waals surface area contributed by atoms with Crippen molar-refractivity contribution >= 4 is 35.5 Å². The quantitative estimate of drug-likeness (QED) is 0.238. The number of carbonyl (C=O) groups is 1. The van der Waals surface area contributed by atoms with E-state index in [4.69, 9.17) is 4.84 Å². The Hall–Kier alpha value is 0.430. The maximum Gasteiger partial charge on any atom is 0.322 e. The molecule has 0 atom stereocenters. The summed E-state index contributed by atoms with van der Waals surface area (Å²) >= 11 is 0. The molecule has 22 heavy (non-hydrogen) atoms. The van der Waals surface area contributed by atoms with E-state index in [0.717, 1.165) is 13.0 Å². The maximum atomic E-state index is 10.7. The second kappa shape index (κ2) is 19.5. The summed E-state index contributed by atoms with van der Waals surface area (Å²) < 4.78 is 0. The van der Waals surface area contributed by atoms with E-state index in [1.807, 2.05) is 7.05 Å². The third-order valence-electron chi connectivity index (χ3n) is 3.86. The second-order valence-electron chi connectivity index (χ2n) is 6.18. The van der Waals surface area contributed by atoms with Crippen molar-refractivity contribution in [3.63, 3.8) is 0 Å². The Balaban J connectivity index is 0. The van der Waals surface area contributed by atoms with E-state index in [1.54, 1.807) is 5.06 Å². The van der Waals surface area contributed by atoms with Crippen LogP contribution in [-0.2, 0) is 9.63 Å². The summed E-state index contributed by atoms with van der Waals surface area (Å²) in [6.45, 7) is 4.56. The van der Waals surface area contributed by atoms with E-state index in [-0.39, 0.29) is 35.5 Å². The second-order valence-corrected chi connectivity index (χ2v) is 6.18. The predicted octanol–water partition coefficient (Wildman–Crippen LogP) is 5.11. The van der Waals surface area contributed by atoms with E-state index < -0.39 is 0 Å². The fourth-order valence-corrected chi connectivity index (χ4v) is 2.62. The number of rotatable bonds is 15. The van der Waals surface area contributed by atoms with Crippen molar-refractivity contribution in [3.8, 4) is 0 Å². The van der Waals surface area contributed by atoms with Crippen molar-refractivity contribution in [1.29, 1.82) is 0 Å². The van der Waals surface area contributed by atoms with Crippen molar-refractivity contribution in [1.82, 2.24) is 5.06 Å². The molecule has 0 bridgehead atoms. The van der Waals surface area contributed by atoms with E-state index in [9.17, 15) is 4.79 Å². The molecule has 0 aliphatic heterocycles. The Morgan fingerprint density at radius 2 is 1.14 bits per heavy atom. The molecule has 0 amide bonds. The van der Waals surface area contributed by atoms with Crippen LogP contribution in [0.25, 0.3) is 0 Å². The molecule has 127 valence electrons.